The van der Waals surface area contributed by atoms with Gasteiger partial charge in [-0.25, -0.2) is 0 Å². The Morgan fingerprint density at radius 1 is 1.08 bits per heavy atom. The molecule has 0 aliphatic carbocycles. The van der Waals surface area contributed by atoms with Crippen LogP contribution in [0, 0.1) is 0 Å². The Kier molecular flexibility index (Phi) is 9.05. The lowest BCUT2D eigenvalue weighted by Crippen LogP contribution is -2.37. The molecular formula is C20H26Cl3NO2. The van der Waals surface area contributed by atoms with Gasteiger partial charge in [-0.3, -0.25) is 0 Å². The molecule has 0 aliphatic rings. The van der Waals surface area contributed by atoms with Gasteiger partial charge >= 0.3 is 0 Å². The van der Waals surface area contributed by atoms with Crippen molar-refractivity contribution in [2.75, 3.05) is 7.11 Å². The second-order valence-electron chi connectivity index (χ2n) is 6.58. The summed E-state index contributed by atoms with van der Waals surface area (Å²) in [7, 11) is 1.61. The Labute approximate surface area is 172 Å². The fraction of sp³-hybridized carbons (Fsp3) is 0.400. The van der Waals surface area contributed by atoms with Crippen LogP contribution < -0.4 is 14.8 Å². The minimum atomic E-state index is 0. The molecule has 0 saturated carbocycles. The summed E-state index contributed by atoms with van der Waals surface area (Å²) in [5.74, 6) is 1.15. The minimum Gasteiger partial charge on any atom is -0.493 e. The summed E-state index contributed by atoms with van der Waals surface area (Å²) in [5.41, 5.74) is 2.02. The SMILES string of the molecule is CCC(C)(C)NCc1cc(Cl)c(OCc2ccccc2Cl)c(OC)c1.Cl. The van der Waals surface area contributed by atoms with Crippen molar-refractivity contribution in [2.24, 2.45) is 0 Å². The molecule has 0 aliphatic heterocycles. The monoisotopic (exact) mass is 417 g/mol. The maximum Gasteiger partial charge on any atom is 0.180 e. The largest absolute Gasteiger partial charge is 0.493 e. The second-order valence-corrected chi connectivity index (χ2v) is 7.39. The van der Waals surface area contributed by atoms with E-state index < -0.39 is 0 Å². The third-order valence-corrected chi connectivity index (χ3v) is 4.92. The molecule has 0 aromatic heterocycles. The van der Waals surface area contributed by atoms with Crippen LogP contribution in [0.1, 0.15) is 38.3 Å². The zero-order chi connectivity index (χ0) is 18.4. The highest BCUT2D eigenvalue weighted by molar-refractivity contribution is 6.32. The van der Waals surface area contributed by atoms with E-state index in [4.69, 9.17) is 32.7 Å². The Balaban J connectivity index is 0.00000338. The van der Waals surface area contributed by atoms with Crippen LogP contribution in [0.3, 0.4) is 0 Å². The Morgan fingerprint density at radius 3 is 2.38 bits per heavy atom. The fourth-order valence-corrected chi connectivity index (χ4v) is 2.73. The minimum absolute atomic E-state index is 0. The number of methoxy groups -OCH3 is 1. The average Bonchev–Trinajstić information content (AvgIpc) is 2.60. The fourth-order valence-electron chi connectivity index (χ4n) is 2.25. The van der Waals surface area contributed by atoms with Crippen LogP contribution in [0.4, 0.5) is 0 Å². The molecule has 0 atom stereocenters. The summed E-state index contributed by atoms with van der Waals surface area (Å²) in [6.45, 7) is 7.55. The molecule has 2 aromatic carbocycles. The van der Waals surface area contributed by atoms with Crippen molar-refractivity contribution < 1.29 is 9.47 Å². The first-order valence-electron chi connectivity index (χ1n) is 8.34. The molecule has 144 valence electrons. The van der Waals surface area contributed by atoms with E-state index in [-0.39, 0.29) is 17.9 Å². The van der Waals surface area contributed by atoms with Gasteiger partial charge in [0, 0.05) is 22.7 Å². The molecule has 0 radical (unpaired) electrons. The summed E-state index contributed by atoms with van der Waals surface area (Å²) < 4.78 is 11.4. The molecule has 1 N–H and O–H groups in total. The molecular weight excluding hydrogens is 393 g/mol. The molecule has 26 heavy (non-hydrogen) atoms. The standard InChI is InChI=1S/C20H25Cl2NO2.ClH/c1-5-20(2,3)23-12-14-10-17(22)19(18(11-14)24-4)25-13-15-8-6-7-9-16(15)21;/h6-11,23H,5,12-13H2,1-4H3;1H. The van der Waals surface area contributed by atoms with Crippen molar-refractivity contribution in [1.82, 2.24) is 5.32 Å². The van der Waals surface area contributed by atoms with E-state index in [2.05, 4.69) is 26.1 Å². The van der Waals surface area contributed by atoms with Crippen molar-refractivity contribution >= 4 is 35.6 Å². The highest BCUT2D eigenvalue weighted by Gasteiger charge is 2.16. The van der Waals surface area contributed by atoms with Crippen LogP contribution in [0.2, 0.25) is 10.0 Å². The molecule has 0 spiro atoms. The van der Waals surface area contributed by atoms with Crippen molar-refractivity contribution in [3.8, 4) is 11.5 Å². The lowest BCUT2D eigenvalue weighted by molar-refractivity contribution is 0.284. The van der Waals surface area contributed by atoms with Crippen LogP contribution in [-0.2, 0) is 13.2 Å². The third-order valence-electron chi connectivity index (χ3n) is 4.27. The zero-order valence-electron chi connectivity index (χ0n) is 15.6. The van der Waals surface area contributed by atoms with Crippen LogP contribution >= 0.6 is 35.6 Å². The second kappa shape index (κ2) is 10.3. The highest BCUT2D eigenvalue weighted by Crippen LogP contribution is 2.37. The summed E-state index contributed by atoms with van der Waals surface area (Å²) in [6.07, 6.45) is 1.04. The smallest absolute Gasteiger partial charge is 0.180 e. The summed E-state index contributed by atoms with van der Waals surface area (Å²) in [5, 5.41) is 4.71. The maximum atomic E-state index is 6.44. The first kappa shape index (κ1) is 22.9. The van der Waals surface area contributed by atoms with Gasteiger partial charge in [0.1, 0.15) is 6.61 Å². The quantitative estimate of drug-likeness (QED) is 0.547. The number of nitrogens with one attached hydrogen (secondary N) is 1. The summed E-state index contributed by atoms with van der Waals surface area (Å²) in [6, 6.07) is 11.4. The van der Waals surface area contributed by atoms with Gasteiger partial charge in [-0.1, -0.05) is 48.3 Å². The third kappa shape index (κ3) is 6.24. The lowest BCUT2D eigenvalue weighted by atomic mass is 10.0. The Bertz CT molecular complexity index is 720. The van der Waals surface area contributed by atoms with Crippen LogP contribution in [-0.4, -0.2) is 12.6 Å². The van der Waals surface area contributed by atoms with E-state index in [9.17, 15) is 0 Å². The van der Waals surface area contributed by atoms with Crippen molar-refractivity contribution in [3.05, 3.63) is 57.6 Å². The molecule has 0 unspecified atom stereocenters. The van der Waals surface area contributed by atoms with Crippen LogP contribution in [0.15, 0.2) is 36.4 Å². The molecule has 0 saturated heterocycles. The summed E-state index contributed by atoms with van der Waals surface area (Å²) in [4.78, 5) is 0. The van der Waals surface area contributed by atoms with Gasteiger partial charge in [0.25, 0.3) is 0 Å². The number of rotatable bonds is 8. The van der Waals surface area contributed by atoms with Gasteiger partial charge in [-0.05, 0) is 44.0 Å². The highest BCUT2D eigenvalue weighted by atomic mass is 35.5. The number of ether oxygens (including phenoxy) is 2. The first-order valence-corrected chi connectivity index (χ1v) is 9.09. The van der Waals surface area contributed by atoms with Gasteiger partial charge in [0.15, 0.2) is 11.5 Å². The Morgan fingerprint density at radius 2 is 1.77 bits per heavy atom. The van der Waals surface area contributed by atoms with E-state index in [1.54, 1.807) is 7.11 Å². The predicted molar refractivity (Wildman–Crippen MR) is 112 cm³/mol. The van der Waals surface area contributed by atoms with Gasteiger partial charge < -0.3 is 14.8 Å². The normalized spacial score (nSPS) is 11.0. The van der Waals surface area contributed by atoms with E-state index in [1.807, 2.05) is 36.4 Å². The predicted octanol–water partition coefficient (Wildman–Crippen LogP) is 6.28. The number of benzene rings is 2. The zero-order valence-corrected chi connectivity index (χ0v) is 17.9. The van der Waals surface area contributed by atoms with Crippen molar-refractivity contribution in [2.45, 2.75) is 45.9 Å². The molecule has 6 heteroatoms. The average molecular weight is 419 g/mol. The van der Waals surface area contributed by atoms with Gasteiger partial charge in [-0.15, -0.1) is 12.4 Å². The summed E-state index contributed by atoms with van der Waals surface area (Å²) >= 11 is 12.6. The maximum absolute atomic E-state index is 6.44. The Hall–Kier alpha value is -1.13. The lowest BCUT2D eigenvalue weighted by Gasteiger charge is -2.25. The topological polar surface area (TPSA) is 30.5 Å². The van der Waals surface area contributed by atoms with Crippen molar-refractivity contribution in [1.29, 1.82) is 0 Å². The number of hydrogen-bond acceptors (Lipinski definition) is 3. The molecule has 0 fully saturated rings. The van der Waals surface area contributed by atoms with E-state index >= 15 is 0 Å². The molecule has 0 heterocycles. The molecule has 2 aromatic rings. The van der Waals surface area contributed by atoms with Gasteiger partial charge in [0.05, 0.1) is 12.1 Å². The number of halogens is 3. The van der Waals surface area contributed by atoms with E-state index in [0.717, 1.165) is 17.5 Å². The molecule has 0 bridgehead atoms. The van der Waals surface area contributed by atoms with Gasteiger partial charge in [-0.2, -0.15) is 0 Å². The number of hydrogen-bond donors (Lipinski definition) is 1. The van der Waals surface area contributed by atoms with E-state index in [1.165, 1.54) is 0 Å². The molecule has 3 nitrogen and oxygen atoms in total. The van der Waals surface area contributed by atoms with Crippen LogP contribution in [0.5, 0.6) is 11.5 Å². The van der Waals surface area contributed by atoms with E-state index in [0.29, 0.717) is 34.7 Å². The molecule has 2 rings (SSSR count). The first-order chi connectivity index (χ1) is 11.9. The van der Waals surface area contributed by atoms with Crippen molar-refractivity contribution in [3.63, 3.8) is 0 Å². The molecule has 0 amide bonds. The van der Waals surface area contributed by atoms with Gasteiger partial charge in [0.2, 0.25) is 0 Å². The van der Waals surface area contributed by atoms with Crippen LogP contribution in [0.25, 0.3) is 0 Å².